The molecule has 0 saturated heterocycles. The predicted octanol–water partition coefficient (Wildman–Crippen LogP) is 2.92. The van der Waals surface area contributed by atoms with E-state index in [2.05, 4.69) is 0 Å². The third-order valence-electron chi connectivity index (χ3n) is 2.68. The maximum atomic E-state index is 6.20. The Kier molecular flexibility index (Phi) is 6.65. The highest BCUT2D eigenvalue weighted by Crippen LogP contribution is 2.20. The molecule has 1 rings (SSSR count). The first-order chi connectivity index (χ1) is 8.58. The molecule has 0 heterocycles. The van der Waals surface area contributed by atoms with Crippen molar-refractivity contribution < 1.29 is 9.47 Å². The molecule has 0 bridgehead atoms. The van der Waals surface area contributed by atoms with E-state index in [4.69, 9.17) is 26.8 Å². The molecule has 0 aliphatic carbocycles. The van der Waals surface area contributed by atoms with Crippen molar-refractivity contribution in [2.24, 2.45) is 5.73 Å². The molecule has 18 heavy (non-hydrogen) atoms. The molecule has 0 radical (unpaired) electrons. The van der Waals surface area contributed by atoms with Gasteiger partial charge in [0.15, 0.2) is 6.29 Å². The van der Waals surface area contributed by atoms with Crippen LogP contribution in [0.2, 0.25) is 5.02 Å². The number of halogens is 1. The van der Waals surface area contributed by atoms with E-state index in [1.165, 1.54) is 0 Å². The summed E-state index contributed by atoms with van der Waals surface area (Å²) < 4.78 is 11.0. The van der Waals surface area contributed by atoms with Crippen LogP contribution in [0, 0.1) is 6.92 Å². The van der Waals surface area contributed by atoms with Gasteiger partial charge in [0.2, 0.25) is 0 Å². The summed E-state index contributed by atoms with van der Waals surface area (Å²) in [6, 6.07) is 5.77. The number of hydrogen-bond donors (Lipinski definition) is 1. The second kappa shape index (κ2) is 7.74. The molecule has 0 aromatic heterocycles. The minimum absolute atomic E-state index is 0.217. The van der Waals surface area contributed by atoms with Crippen molar-refractivity contribution in [2.75, 3.05) is 13.2 Å². The van der Waals surface area contributed by atoms with Crippen molar-refractivity contribution in [3.05, 3.63) is 34.3 Å². The second-order valence-corrected chi connectivity index (χ2v) is 4.65. The monoisotopic (exact) mass is 271 g/mol. The third-order valence-corrected chi connectivity index (χ3v) is 3.03. The van der Waals surface area contributed by atoms with Crippen LogP contribution < -0.4 is 5.73 Å². The molecular weight excluding hydrogens is 250 g/mol. The summed E-state index contributed by atoms with van der Waals surface area (Å²) in [6.07, 6.45) is 0.265. The van der Waals surface area contributed by atoms with Crippen LogP contribution in [0.4, 0.5) is 0 Å². The molecule has 0 aliphatic rings. The van der Waals surface area contributed by atoms with Crippen LogP contribution in [0.1, 0.15) is 25.0 Å². The number of benzene rings is 1. The van der Waals surface area contributed by atoms with Gasteiger partial charge in [-0.25, -0.2) is 0 Å². The Morgan fingerprint density at radius 3 is 2.33 bits per heavy atom. The van der Waals surface area contributed by atoms with Gasteiger partial charge >= 0.3 is 0 Å². The number of hydrogen-bond acceptors (Lipinski definition) is 3. The van der Waals surface area contributed by atoms with E-state index in [-0.39, 0.29) is 12.3 Å². The smallest absolute Gasteiger partial charge is 0.172 e. The highest BCUT2D eigenvalue weighted by molar-refractivity contribution is 6.31. The van der Waals surface area contributed by atoms with Crippen molar-refractivity contribution in [1.29, 1.82) is 0 Å². The Morgan fingerprint density at radius 2 is 1.83 bits per heavy atom. The summed E-state index contributed by atoms with van der Waals surface area (Å²) in [6.45, 7) is 7.04. The molecule has 102 valence electrons. The first-order valence-corrected chi connectivity index (χ1v) is 6.70. The number of rotatable bonds is 7. The van der Waals surface area contributed by atoms with E-state index >= 15 is 0 Å². The molecule has 1 atom stereocenters. The van der Waals surface area contributed by atoms with Crippen LogP contribution in [-0.4, -0.2) is 25.5 Å². The van der Waals surface area contributed by atoms with E-state index < -0.39 is 0 Å². The molecule has 0 aliphatic heterocycles. The van der Waals surface area contributed by atoms with Crippen LogP contribution in [0.25, 0.3) is 0 Å². The van der Waals surface area contributed by atoms with Crippen LogP contribution in [-0.2, 0) is 15.9 Å². The first kappa shape index (κ1) is 15.4. The van der Waals surface area contributed by atoms with Crippen LogP contribution >= 0.6 is 11.6 Å². The fraction of sp³-hybridized carbons (Fsp3) is 0.571. The Hall–Kier alpha value is -0.610. The van der Waals surface area contributed by atoms with Gasteiger partial charge < -0.3 is 15.2 Å². The van der Waals surface area contributed by atoms with Gasteiger partial charge in [0.1, 0.15) is 0 Å². The van der Waals surface area contributed by atoms with E-state index in [1.807, 2.05) is 39.0 Å². The summed E-state index contributed by atoms with van der Waals surface area (Å²) in [5.74, 6) is 0. The van der Waals surface area contributed by atoms with Crippen molar-refractivity contribution >= 4 is 11.6 Å². The molecule has 1 unspecified atom stereocenters. The lowest BCUT2D eigenvalue weighted by Crippen LogP contribution is -2.40. The summed E-state index contributed by atoms with van der Waals surface area (Å²) in [5.41, 5.74) is 8.29. The lowest BCUT2D eigenvalue weighted by atomic mass is 10.0. The Balaban J connectivity index is 2.69. The van der Waals surface area contributed by atoms with Gasteiger partial charge in [-0.05, 0) is 44.4 Å². The average Bonchev–Trinajstić information content (AvgIpc) is 2.32. The zero-order valence-electron chi connectivity index (χ0n) is 11.3. The molecule has 0 fully saturated rings. The highest BCUT2D eigenvalue weighted by atomic mass is 35.5. The van der Waals surface area contributed by atoms with Crippen LogP contribution in [0.5, 0.6) is 0 Å². The Labute approximate surface area is 114 Å². The standard InChI is InChI=1S/C14H22ClNO2/c1-4-17-14(18-5-2)13(16)9-11-7-6-10(3)8-12(11)15/h6-8,13-14H,4-5,9,16H2,1-3H3. The maximum absolute atomic E-state index is 6.20. The van der Waals surface area contributed by atoms with Gasteiger partial charge in [-0.1, -0.05) is 23.7 Å². The Bertz CT molecular complexity index is 365. The number of aryl methyl sites for hydroxylation is 1. The molecular formula is C14H22ClNO2. The van der Waals surface area contributed by atoms with Crippen molar-refractivity contribution in [3.63, 3.8) is 0 Å². The molecule has 0 saturated carbocycles. The molecule has 1 aromatic rings. The lowest BCUT2D eigenvalue weighted by molar-refractivity contribution is -0.148. The van der Waals surface area contributed by atoms with E-state index in [0.29, 0.717) is 19.6 Å². The summed E-state index contributed by atoms with van der Waals surface area (Å²) >= 11 is 6.20. The fourth-order valence-electron chi connectivity index (χ4n) is 1.79. The largest absolute Gasteiger partial charge is 0.351 e. The predicted molar refractivity (Wildman–Crippen MR) is 74.9 cm³/mol. The van der Waals surface area contributed by atoms with Crippen molar-refractivity contribution in [3.8, 4) is 0 Å². The van der Waals surface area contributed by atoms with Gasteiger partial charge in [-0.3, -0.25) is 0 Å². The van der Waals surface area contributed by atoms with Crippen molar-refractivity contribution in [1.82, 2.24) is 0 Å². The fourth-order valence-corrected chi connectivity index (χ4v) is 2.10. The molecule has 0 amide bonds. The minimum atomic E-state index is -0.377. The van der Waals surface area contributed by atoms with Gasteiger partial charge in [-0.2, -0.15) is 0 Å². The molecule has 4 heteroatoms. The van der Waals surface area contributed by atoms with Crippen LogP contribution in [0.3, 0.4) is 0 Å². The van der Waals surface area contributed by atoms with E-state index in [1.54, 1.807) is 0 Å². The molecule has 1 aromatic carbocycles. The molecule has 0 spiro atoms. The van der Waals surface area contributed by atoms with Gasteiger partial charge in [0, 0.05) is 18.2 Å². The number of nitrogens with two attached hydrogens (primary N) is 1. The first-order valence-electron chi connectivity index (χ1n) is 6.32. The molecule has 3 nitrogen and oxygen atoms in total. The summed E-state index contributed by atoms with van der Waals surface area (Å²) in [5, 5.41) is 0.747. The quantitative estimate of drug-likeness (QED) is 0.776. The normalized spacial score (nSPS) is 13.0. The second-order valence-electron chi connectivity index (χ2n) is 4.24. The van der Waals surface area contributed by atoms with Gasteiger partial charge in [0.25, 0.3) is 0 Å². The van der Waals surface area contributed by atoms with E-state index in [9.17, 15) is 0 Å². The summed E-state index contributed by atoms with van der Waals surface area (Å²) in [4.78, 5) is 0. The maximum Gasteiger partial charge on any atom is 0.172 e. The van der Waals surface area contributed by atoms with Crippen molar-refractivity contribution in [2.45, 2.75) is 39.5 Å². The van der Waals surface area contributed by atoms with E-state index in [0.717, 1.165) is 16.1 Å². The zero-order valence-corrected chi connectivity index (χ0v) is 12.0. The molecule has 2 N–H and O–H groups in total. The zero-order chi connectivity index (χ0) is 13.5. The average molecular weight is 272 g/mol. The topological polar surface area (TPSA) is 44.5 Å². The van der Waals surface area contributed by atoms with Gasteiger partial charge in [0.05, 0.1) is 6.04 Å². The van der Waals surface area contributed by atoms with Crippen LogP contribution in [0.15, 0.2) is 18.2 Å². The third kappa shape index (κ3) is 4.58. The lowest BCUT2D eigenvalue weighted by Gasteiger charge is -2.23. The number of ether oxygens (including phenoxy) is 2. The minimum Gasteiger partial charge on any atom is -0.351 e. The SMILES string of the molecule is CCOC(OCC)C(N)Cc1ccc(C)cc1Cl. The van der Waals surface area contributed by atoms with Gasteiger partial charge in [-0.15, -0.1) is 0 Å². The summed E-state index contributed by atoms with van der Waals surface area (Å²) in [7, 11) is 0. The highest BCUT2D eigenvalue weighted by Gasteiger charge is 2.19. The Morgan fingerprint density at radius 1 is 1.22 bits per heavy atom.